The van der Waals surface area contributed by atoms with Gasteiger partial charge in [0, 0.05) is 17.8 Å². The molecule has 10 heteroatoms. The van der Waals surface area contributed by atoms with Crippen LogP contribution in [0.3, 0.4) is 0 Å². The molecular formula is C25H23N3O6S. The number of carboxylic acids is 1. The number of fused-ring (bicyclic) bond motifs is 3. The van der Waals surface area contributed by atoms with E-state index in [4.69, 9.17) is 4.74 Å². The van der Waals surface area contributed by atoms with Crippen molar-refractivity contribution in [3.05, 3.63) is 70.7 Å². The zero-order valence-corrected chi connectivity index (χ0v) is 19.5. The molecule has 0 radical (unpaired) electrons. The number of amides is 2. The topological polar surface area (TPSA) is 129 Å². The molecule has 1 aliphatic heterocycles. The first kappa shape index (κ1) is 23.0. The summed E-state index contributed by atoms with van der Waals surface area (Å²) in [6, 6.07) is 16.1. The smallest absolute Gasteiger partial charge is 0.413 e. The van der Waals surface area contributed by atoms with Crippen LogP contribution in [0.25, 0.3) is 11.1 Å². The van der Waals surface area contributed by atoms with Gasteiger partial charge in [-0.05, 0) is 35.1 Å². The lowest BCUT2D eigenvalue weighted by Crippen LogP contribution is -2.54. The minimum absolute atomic E-state index is 0.0681. The third-order valence-electron chi connectivity index (χ3n) is 6.43. The van der Waals surface area contributed by atoms with E-state index in [1.54, 1.807) is 0 Å². The maximum atomic E-state index is 12.8. The lowest BCUT2D eigenvalue weighted by molar-refractivity contribution is -0.163. The second kappa shape index (κ2) is 9.12. The second-order valence-electron chi connectivity index (χ2n) is 8.66. The number of carboxylic acid groups (broad SMARTS) is 1. The van der Waals surface area contributed by atoms with Crippen molar-refractivity contribution in [1.29, 1.82) is 0 Å². The number of benzene rings is 2. The Labute approximate surface area is 205 Å². The highest BCUT2D eigenvalue weighted by Crippen LogP contribution is 2.44. The van der Waals surface area contributed by atoms with Crippen LogP contribution in [0.15, 0.2) is 53.9 Å². The average molecular weight is 494 g/mol. The van der Waals surface area contributed by atoms with Gasteiger partial charge in [-0.3, -0.25) is 10.1 Å². The van der Waals surface area contributed by atoms with Crippen LogP contribution in [0.4, 0.5) is 9.93 Å². The molecule has 0 saturated carbocycles. The van der Waals surface area contributed by atoms with Gasteiger partial charge < -0.3 is 19.8 Å². The van der Waals surface area contributed by atoms with Crippen molar-refractivity contribution in [1.82, 2.24) is 9.88 Å². The molecule has 2 aliphatic rings. The summed E-state index contributed by atoms with van der Waals surface area (Å²) in [7, 11) is 0. The molecule has 1 aliphatic carbocycles. The summed E-state index contributed by atoms with van der Waals surface area (Å²) in [5.74, 6) is -1.93. The first-order valence-electron chi connectivity index (χ1n) is 11.2. The van der Waals surface area contributed by atoms with E-state index in [-0.39, 0.29) is 36.3 Å². The van der Waals surface area contributed by atoms with Gasteiger partial charge in [0.05, 0.1) is 6.54 Å². The van der Waals surface area contributed by atoms with Gasteiger partial charge in [0.15, 0.2) is 10.7 Å². The monoisotopic (exact) mass is 493 g/mol. The quantitative estimate of drug-likeness (QED) is 0.496. The second-order valence-corrected chi connectivity index (χ2v) is 9.51. The highest BCUT2D eigenvalue weighted by Gasteiger charge is 2.42. The van der Waals surface area contributed by atoms with Gasteiger partial charge in [-0.1, -0.05) is 48.5 Å². The number of aliphatic carboxylic acids is 1. The van der Waals surface area contributed by atoms with E-state index in [1.165, 1.54) is 10.3 Å². The van der Waals surface area contributed by atoms with E-state index < -0.39 is 23.6 Å². The standard InChI is InChI=1S/C25H23N3O6S/c29-21(28-11-5-10-25(33,14-28)22(30)31)20-13-35-23(26-20)27-24(32)34-12-19-17-8-3-1-6-15(17)16-7-2-4-9-18(16)19/h1-4,6-9,13,19,33H,5,10-12,14H2,(H,30,31)(H,26,27,32). The molecule has 1 atom stereocenters. The van der Waals surface area contributed by atoms with Crippen LogP contribution < -0.4 is 5.32 Å². The van der Waals surface area contributed by atoms with E-state index in [2.05, 4.69) is 22.4 Å². The van der Waals surface area contributed by atoms with Gasteiger partial charge in [-0.15, -0.1) is 11.3 Å². The highest BCUT2D eigenvalue weighted by atomic mass is 32.1. The predicted octanol–water partition coefficient (Wildman–Crippen LogP) is 3.56. The van der Waals surface area contributed by atoms with Crippen LogP contribution >= 0.6 is 11.3 Å². The summed E-state index contributed by atoms with van der Waals surface area (Å²) in [6.07, 6.45) is -0.236. The van der Waals surface area contributed by atoms with Gasteiger partial charge in [-0.25, -0.2) is 14.6 Å². The lowest BCUT2D eigenvalue weighted by Gasteiger charge is -2.35. The fourth-order valence-corrected chi connectivity index (χ4v) is 5.37. The van der Waals surface area contributed by atoms with Crippen molar-refractivity contribution in [3.8, 4) is 11.1 Å². The Morgan fingerprint density at radius 3 is 2.43 bits per heavy atom. The molecule has 5 rings (SSSR count). The fourth-order valence-electron chi connectivity index (χ4n) is 4.70. The molecule has 1 aromatic heterocycles. The number of hydrogen-bond acceptors (Lipinski definition) is 7. The summed E-state index contributed by atoms with van der Waals surface area (Å²) in [5, 5.41) is 23.7. The number of likely N-dealkylation sites (tertiary alicyclic amines) is 1. The summed E-state index contributed by atoms with van der Waals surface area (Å²) < 4.78 is 5.51. The molecule has 1 fully saturated rings. The first-order valence-corrected chi connectivity index (χ1v) is 12.1. The molecule has 3 N–H and O–H groups in total. The Balaban J connectivity index is 1.21. The Kier molecular flexibility index (Phi) is 6.00. The number of anilines is 1. The SMILES string of the molecule is O=C(Nc1nc(C(=O)N2CCCC(O)(C(=O)O)C2)cs1)OCC1c2ccccc2-c2ccccc21. The molecular weight excluding hydrogens is 470 g/mol. The van der Waals surface area contributed by atoms with E-state index in [0.717, 1.165) is 33.6 Å². The highest BCUT2D eigenvalue weighted by molar-refractivity contribution is 7.14. The van der Waals surface area contributed by atoms with Crippen LogP contribution in [-0.4, -0.2) is 63.4 Å². The number of piperidine rings is 1. The van der Waals surface area contributed by atoms with Gasteiger partial charge in [-0.2, -0.15) is 0 Å². The van der Waals surface area contributed by atoms with E-state index in [9.17, 15) is 24.6 Å². The largest absolute Gasteiger partial charge is 0.479 e. The summed E-state index contributed by atoms with van der Waals surface area (Å²) in [6.45, 7) is 0.160. The van der Waals surface area contributed by atoms with Gasteiger partial charge in [0.2, 0.25) is 0 Å². The third kappa shape index (κ3) is 4.38. The van der Waals surface area contributed by atoms with Crippen molar-refractivity contribution >= 4 is 34.4 Å². The van der Waals surface area contributed by atoms with Crippen LogP contribution in [0.5, 0.6) is 0 Å². The molecule has 180 valence electrons. The number of β-amino-alcohol motifs (C(OH)–C–C–N with tert-alkyl or cyclic N) is 1. The van der Waals surface area contributed by atoms with Crippen LogP contribution in [0.1, 0.15) is 40.4 Å². The Hall–Kier alpha value is -3.76. The number of nitrogens with zero attached hydrogens (tertiary/aromatic N) is 2. The third-order valence-corrected chi connectivity index (χ3v) is 7.19. The number of aromatic nitrogens is 1. The number of ether oxygens (including phenoxy) is 1. The molecule has 1 saturated heterocycles. The molecule has 2 heterocycles. The number of hydrogen-bond donors (Lipinski definition) is 3. The van der Waals surface area contributed by atoms with E-state index >= 15 is 0 Å². The molecule has 35 heavy (non-hydrogen) atoms. The van der Waals surface area contributed by atoms with Gasteiger partial charge in [0.25, 0.3) is 5.91 Å². The fraction of sp³-hybridized carbons (Fsp3) is 0.280. The van der Waals surface area contributed by atoms with Crippen molar-refractivity contribution in [2.45, 2.75) is 24.4 Å². The molecule has 2 amide bonds. The lowest BCUT2D eigenvalue weighted by atomic mass is 9.93. The molecule has 1 unspecified atom stereocenters. The van der Waals surface area contributed by atoms with Crippen molar-refractivity contribution in [3.63, 3.8) is 0 Å². The Bertz CT molecular complexity index is 1260. The van der Waals surface area contributed by atoms with Crippen molar-refractivity contribution < 1.29 is 29.3 Å². The van der Waals surface area contributed by atoms with Crippen LogP contribution in [-0.2, 0) is 9.53 Å². The number of rotatable bonds is 5. The Morgan fingerprint density at radius 1 is 1.11 bits per heavy atom. The minimum atomic E-state index is -1.97. The van der Waals surface area contributed by atoms with Gasteiger partial charge in [0.1, 0.15) is 12.3 Å². The number of carbonyl (C=O) groups is 3. The summed E-state index contributed by atoms with van der Waals surface area (Å²) >= 11 is 1.06. The zero-order chi connectivity index (χ0) is 24.6. The maximum absolute atomic E-state index is 12.8. The summed E-state index contributed by atoms with van der Waals surface area (Å²) in [5.41, 5.74) is 2.57. The zero-order valence-electron chi connectivity index (χ0n) is 18.6. The molecule has 0 bridgehead atoms. The van der Waals surface area contributed by atoms with Crippen molar-refractivity contribution in [2.24, 2.45) is 0 Å². The number of thiazole rings is 1. The Morgan fingerprint density at radius 2 is 1.77 bits per heavy atom. The minimum Gasteiger partial charge on any atom is -0.479 e. The molecule has 3 aromatic rings. The number of nitrogens with one attached hydrogen (secondary N) is 1. The normalized spacial score (nSPS) is 19.1. The first-order chi connectivity index (χ1) is 16.9. The predicted molar refractivity (Wildman–Crippen MR) is 129 cm³/mol. The average Bonchev–Trinajstić information content (AvgIpc) is 3.45. The van der Waals surface area contributed by atoms with Crippen LogP contribution in [0, 0.1) is 0 Å². The summed E-state index contributed by atoms with van der Waals surface area (Å²) in [4.78, 5) is 42.0. The molecule has 9 nitrogen and oxygen atoms in total. The van der Waals surface area contributed by atoms with Crippen LogP contribution in [0.2, 0.25) is 0 Å². The van der Waals surface area contributed by atoms with Gasteiger partial charge >= 0.3 is 12.1 Å². The maximum Gasteiger partial charge on any atom is 0.413 e. The molecule has 0 spiro atoms. The van der Waals surface area contributed by atoms with Crippen molar-refractivity contribution in [2.75, 3.05) is 25.0 Å². The number of aliphatic hydroxyl groups is 1. The molecule has 2 aromatic carbocycles. The van der Waals surface area contributed by atoms with E-state index in [0.29, 0.717) is 13.0 Å². The van der Waals surface area contributed by atoms with E-state index in [1.807, 2.05) is 36.4 Å². The number of carbonyl (C=O) groups excluding carboxylic acids is 2.